The highest BCUT2D eigenvalue weighted by atomic mass is 35.5. The number of aryl methyl sites for hydroxylation is 1. The average molecular weight is 295 g/mol. The van der Waals surface area contributed by atoms with Crippen LogP contribution in [-0.4, -0.2) is 9.97 Å². The van der Waals surface area contributed by atoms with Gasteiger partial charge in [-0.2, -0.15) is 0 Å². The second-order valence-corrected chi connectivity index (χ2v) is 5.79. The summed E-state index contributed by atoms with van der Waals surface area (Å²) in [5.74, 6) is 0. The van der Waals surface area contributed by atoms with E-state index in [1.807, 2.05) is 31.2 Å². The lowest BCUT2D eigenvalue weighted by atomic mass is 10.1. The van der Waals surface area contributed by atoms with Gasteiger partial charge in [0.05, 0.1) is 10.2 Å². The molecular weight excluding hydrogens is 287 g/mol. The van der Waals surface area contributed by atoms with Crippen LogP contribution in [0.15, 0.2) is 30.6 Å². The SMILES string of the molecule is Cc1ccc(-c2cc3ncnc(Cl)c3s2)c(Cl)c1. The lowest BCUT2D eigenvalue weighted by Gasteiger charge is -2.01. The molecular formula is C13H8Cl2N2S. The van der Waals surface area contributed by atoms with Crippen molar-refractivity contribution in [2.24, 2.45) is 0 Å². The van der Waals surface area contributed by atoms with Gasteiger partial charge < -0.3 is 0 Å². The van der Waals surface area contributed by atoms with Crippen LogP contribution in [0.3, 0.4) is 0 Å². The molecule has 0 aliphatic carbocycles. The summed E-state index contributed by atoms with van der Waals surface area (Å²) in [6, 6.07) is 8.00. The highest BCUT2D eigenvalue weighted by molar-refractivity contribution is 7.22. The molecule has 2 nitrogen and oxygen atoms in total. The van der Waals surface area contributed by atoms with Crippen LogP contribution in [0.2, 0.25) is 10.2 Å². The second kappa shape index (κ2) is 4.50. The Morgan fingerprint density at radius 1 is 1.11 bits per heavy atom. The maximum atomic E-state index is 6.27. The smallest absolute Gasteiger partial charge is 0.150 e. The van der Waals surface area contributed by atoms with Crippen LogP contribution >= 0.6 is 34.5 Å². The summed E-state index contributed by atoms with van der Waals surface area (Å²) >= 11 is 13.9. The van der Waals surface area contributed by atoms with Gasteiger partial charge in [-0.1, -0.05) is 35.3 Å². The van der Waals surface area contributed by atoms with Gasteiger partial charge in [-0.05, 0) is 24.6 Å². The van der Waals surface area contributed by atoms with Gasteiger partial charge >= 0.3 is 0 Å². The van der Waals surface area contributed by atoms with E-state index in [4.69, 9.17) is 23.2 Å². The third-order valence-electron chi connectivity index (χ3n) is 2.66. The maximum Gasteiger partial charge on any atom is 0.150 e. The first-order valence-corrected chi connectivity index (χ1v) is 6.89. The van der Waals surface area contributed by atoms with Crippen molar-refractivity contribution < 1.29 is 0 Å². The van der Waals surface area contributed by atoms with Crippen LogP contribution in [0.25, 0.3) is 20.7 Å². The lowest BCUT2D eigenvalue weighted by Crippen LogP contribution is -1.77. The third-order valence-corrected chi connectivity index (χ3v) is 4.53. The summed E-state index contributed by atoms with van der Waals surface area (Å²) in [4.78, 5) is 9.24. The van der Waals surface area contributed by atoms with Crippen LogP contribution < -0.4 is 0 Å². The molecule has 0 atom stereocenters. The highest BCUT2D eigenvalue weighted by Gasteiger charge is 2.11. The minimum Gasteiger partial charge on any atom is -0.235 e. The van der Waals surface area contributed by atoms with Gasteiger partial charge in [-0.25, -0.2) is 9.97 Å². The Balaban J connectivity index is 2.23. The standard InChI is InChI=1S/C13H8Cl2N2S/c1-7-2-3-8(9(14)4-7)11-5-10-12(18-11)13(15)17-6-16-10/h2-6H,1H3. The van der Waals surface area contributed by atoms with E-state index in [0.717, 1.165) is 31.2 Å². The zero-order valence-electron chi connectivity index (χ0n) is 9.45. The highest BCUT2D eigenvalue weighted by Crippen LogP contribution is 2.38. The van der Waals surface area contributed by atoms with Crippen molar-refractivity contribution in [3.8, 4) is 10.4 Å². The van der Waals surface area contributed by atoms with Gasteiger partial charge in [0, 0.05) is 15.5 Å². The fourth-order valence-corrected chi connectivity index (χ4v) is 3.46. The number of aromatic nitrogens is 2. The number of benzene rings is 1. The molecule has 0 saturated heterocycles. The van der Waals surface area contributed by atoms with Gasteiger partial charge in [-0.3, -0.25) is 0 Å². The normalized spacial score (nSPS) is 11.1. The number of rotatable bonds is 1. The van der Waals surface area contributed by atoms with Crippen molar-refractivity contribution in [3.63, 3.8) is 0 Å². The number of hydrogen-bond donors (Lipinski definition) is 0. The Morgan fingerprint density at radius 3 is 2.67 bits per heavy atom. The van der Waals surface area contributed by atoms with Crippen LogP contribution in [0.4, 0.5) is 0 Å². The van der Waals surface area contributed by atoms with Crippen LogP contribution in [0, 0.1) is 6.92 Å². The van der Waals surface area contributed by atoms with Crippen molar-refractivity contribution in [1.82, 2.24) is 9.97 Å². The zero-order chi connectivity index (χ0) is 12.7. The summed E-state index contributed by atoms with van der Waals surface area (Å²) in [6.45, 7) is 2.02. The molecule has 0 aliphatic rings. The largest absolute Gasteiger partial charge is 0.235 e. The molecule has 0 spiro atoms. The van der Waals surface area contributed by atoms with Gasteiger partial charge in [0.2, 0.25) is 0 Å². The predicted molar refractivity (Wildman–Crippen MR) is 77.6 cm³/mol. The molecule has 0 bridgehead atoms. The second-order valence-electron chi connectivity index (χ2n) is 3.97. The summed E-state index contributed by atoms with van der Waals surface area (Å²) in [7, 11) is 0. The minimum atomic E-state index is 0.486. The third kappa shape index (κ3) is 1.99. The van der Waals surface area contributed by atoms with Crippen molar-refractivity contribution in [1.29, 1.82) is 0 Å². The molecule has 0 aliphatic heterocycles. The van der Waals surface area contributed by atoms with Crippen molar-refractivity contribution in [2.75, 3.05) is 0 Å². The topological polar surface area (TPSA) is 25.8 Å². The monoisotopic (exact) mass is 294 g/mol. The maximum absolute atomic E-state index is 6.27. The lowest BCUT2D eigenvalue weighted by molar-refractivity contribution is 1.23. The predicted octanol–water partition coefficient (Wildman–Crippen LogP) is 4.97. The molecule has 0 fully saturated rings. The van der Waals surface area contributed by atoms with Crippen LogP contribution in [0.5, 0.6) is 0 Å². The summed E-state index contributed by atoms with van der Waals surface area (Å²) < 4.78 is 0.894. The molecule has 2 heterocycles. The molecule has 90 valence electrons. The van der Waals surface area contributed by atoms with E-state index in [9.17, 15) is 0 Å². The van der Waals surface area contributed by atoms with Gasteiger partial charge in [0.15, 0.2) is 0 Å². The van der Waals surface area contributed by atoms with Crippen molar-refractivity contribution >= 4 is 44.8 Å². The van der Waals surface area contributed by atoms with E-state index in [1.54, 1.807) is 11.3 Å². The van der Waals surface area contributed by atoms with Gasteiger partial charge in [0.1, 0.15) is 11.5 Å². The Kier molecular flexibility index (Phi) is 2.98. The number of thiophene rings is 1. The number of fused-ring (bicyclic) bond motifs is 1. The fraction of sp³-hybridized carbons (Fsp3) is 0.0769. The van der Waals surface area contributed by atoms with E-state index in [-0.39, 0.29) is 0 Å². The van der Waals surface area contributed by atoms with E-state index >= 15 is 0 Å². The van der Waals surface area contributed by atoms with Gasteiger partial charge in [0.25, 0.3) is 0 Å². The molecule has 0 amide bonds. The van der Waals surface area contributed by atoms with Crippen molar-refractivity contribution in [2.45, 2.75) is 6.92 Å². The molecule has 2 aromatic heterocycles. The number of halogens is 2. The molecule has 0 radical (unpaired) electrons. The van der Waals surface area contributed by atoms with E-state index < -0.39 is 0 Å². The van der Waals surface area contributed by atoms with Crippen LogP contribution in [0.1, 0.15) is 5.56 Å². The van der Waals surface area contributed by atoms with E-state index in [2.05, 4.69) is 9.97 Å². The first-order valence-electron chi connectivity index (χ1n) is 5.32. The Morgan fingerprint density at radius 2 is 1.94 bits per heavy atom. The summed E-state index contributed by atoms with van der Waals surface area (Å²) in [5.41, 5.74) is 3.00. The van der Waals surface area contributed by atoms with E-state index in [1.165, 1.54) is 6.33 Å². The van der Waals surface area contributed by atoms with E-state index in [0.29, 0.717) is 5.15 Å². The number of nitrogens with zero attached hydrogens (tertiary/aromatic N) is 2. The molecule has 0 N–H and O–H groups in total. The first kappa shape index (κ1) is 11.9. The Bertz CT molecular complexity index is 737. The number of hydrogen-bond acceptors (Lipinski definition) is 3. The molecule has 18 heavy (non-hydrogen) atoms. The minimum absolute atomic E-state index is 0.486. The Hall–Kier alpha value is -1.16. The quantitative estimate of drug-likeness (QED) is 0.592. The fourth-order valence-electron chi connectivity index (χ4n) is 1.78. The molecule has 0 unspecified atom stereocenters. The molecule has 1 aromatic carbocycles. The van der Waals surface area contributed by atoms with Crippen LogP contribution in [-0.2, 0) is 0 Å². The molecule has 3 aromatic rings. The molecule has 0 saturated carbocycles. The molecule has 3 rings (SSSR count). The first-order chi connectivity index (χ1) is 8.65. The molecule has 5 heteroatoms. The Labute approximate surface area is 118 Å². The zero-order valence-corrected chi connectivity index (χ0v) is 11.8. The van der Waals surface area contributed by atoms with Crippen molar-refractivity contribution in [3.05, 3.63) is 46.3 Å². The summed E-state index contributed by atoms with van der Waals surface area (Å²) in [6.07, 6.45) is 1.47. The average Bonchev–Trinajstić information content (AvgIpc) is 2.74. The summed E-state index contributed by atoms with van der Waals surface area (Å²) in [5, 5.41) is 1.23. The van der Waals surface area contributed by atoms with Gasteiger partial charge in [-0.15, -0.1) is 11.3 Å².